The predicted molar refractivity (Wildman–Crippen MR) is 138 cm³/mol. The zero-order chi connectivity index (χ0) is 23.3. The van der Waals surface area contributed by atoms with Gasteiger partial charge in [0.05, 0.1) is 17.1 Å². The van der Waals surface area contributed by atoms with Gasteiger partial charge >= 0.3 is 0 Å². The number of anilines is 1. The number of carbonyl (C=O) groups excluding carboxylic acids is 1. The highest BCUT2D eigenvalue weighted by molar-refractivity contribution is 5.92. The Hall–Kier alpha value is -3.79. The lowest BCUT2D eigenvalue weighted by Crippen LogP contribution is -2.19. The molecular formula is C30H29N3O. The largest absolute Gasteiger partial charge is 0.309 e. The second-order valence-electron chi connectivity index (χ2n) is 9.02. The summed E-state index contributed by atoms with van der Waals surface area (Å²) in [6.07, 6.45) is 12.8. The first-order chi connectivity index (χ1) is 16.7. The molecule has 0 spiro atoms. The summed E-state index contributed by atoms with van der Waals surface area (Å²) in [5, 5.41) is 3.10. The first-order valence-electron chi connectivity index (χ1n) is 12.0. The molecule has 4 nitrogen and oxygen atoms in total. The van der Waals surface area contributed by atoms with Crippen LogP contribution in [0.4, 0.5) is 5.82 Å². The molecule has 0 saturated carbocycles. The van der Waals surface area contributed by atoms with Gasteiger partial charge in [-0.1, -0.05) is 90.0 Å². The van der Waals surface area contributed by atoms with Gasteiger partial charge in [-0.25, -0.2) is 9.97 Å². The number of allylic oxidation sites excluding steroid dienone is 5. The van der Waals surface area contributed by atoms with Crippen molar-refractivity contribution >= 4 is 11.7 Å². The highest BCUT2D eigenvalue weighted by Gasteiger charge is 2.22. The van der Waals surface area contributed by atoms with Gasteiger partial charge in [0.15, 0.2) is 5.82 Å². The zero-order valence-corrected chi connectivity index (χ0v) is 19.6. The molecule has 0 radical (unpaired) electrons. The number of hydrogen-bond acceptors (Lipinski definition) is 3. The highest BCUT2D eigenvalue weighted by Crippen LogP contribution is 2.33. The predicted octanol–water partition coefficient (Wildman–Crippen LogP) is 6.19. The number of rotatable bonds is 6. The monoisotopic (exact) mass is 447 g/mol. The number of amides is 1. The standard InChI is InChI=1S/C30H29N3O/c1-21-8-7-11-23(15-14-21)20-28(34)33-30-27(18-16-22-9-3-2-4-10-22)31-29-25-13-6-5-12-24(25)17-19-26(29)32-30/h2-10,12-15H,11,16-20H2,1H3,(H,32,33,34). The molecule has 0 bridgehead atoms. The number of nitrogens with one attached hydrogen (secondary N) is 1. The average molecular weight is 448 g/mol. The molecule has 1 aromatic heterocycles. The molecule has 2 aromatic carbocycles. The van der Waals surface area contributed by atoms with Gasteiger partial charge in [0.1, 0.15) is 0 Å². The lowest BCUT2D eigenvalue weighted by Gasteiger charge is -2.21. The van der Waals surface area contributed by atoms with E-state index in [1.807, 2.05) is 6.07 Å². The van der Waals surface area contributed by atoms with E-state index in [0.717, 1.165) is 60.3 Å². The van der Waals surface area contributed by atoms with Crippen molar-refractivity contribution in [3.63, 3.8) is 0 Å². The Morgan fingerprint density at radius 3 is 2.65 bits per heavy atom. The third kappa shape index (κ3) is 5.07. The smallest absolute Gasteiger partial charge is 0.229 e. The van der Waals surface area contributed by atoms with Crippen molar-refractivity contribution in [2.24, 2.45) is 0 Å². The summed E-state index contributed by atoms with van der Waals surface area (Å²) in [5.74, 6) is 0.564. The summed E-state index contributed by atoms with van der Waals surface area (Å²) in [4.78, 5) is 23.0. The van der Waals surface area contributed by atoms with Crippen LogP contribution in [-0.2, 0) is 30.5 Å². The third-order valence-electron chi connectivity index (χ3n) is 6.43. The molecule has 1 heterocycles. The molecule has 2 aliphatic carbocycles. The molecule has 1 amide bonds. The van der Waals surface area contributed by atoms with Crippen LogP contribution in [0, 0.1) is 0 Å². The first kappa shape index (κ1) is 22.0. The van der Waals surface area contributed by atoms with Gasteiger partial charge in [-0.3, -0.25) is 4.79 Å². The molecule has 3 aromatic rings. The summed E-state index contributed by atoms with van der Waals surface area (Å²) < 4.78 is 0. The molecule has 0 unspecified atom stereocenters. The number of carbonyl (C=O) groups is 1. The number of nitrogens with zero attached hydrogens (tertiary/aromatic N) is 2. The molecule has 1 N–H and O–H groups in total. The molecule has 0 atom stereocenters. The number of hydrogen-bond donors (Lipinski definition) is 1. The number of fused-ring (bicyclic) bond motifs is 3. The maximum absolute atomic E-state index is 13.0. The van der Waals surface area contributed by atoms with E-state index in [4.69, 9.17) is 9.97 Å². The van der Waals surface area contributed by atoms with E-state index in [2.05, 4.69) is 85.1 Å². The molecule has 4 heteroatoms. The maximum atomic E-state index is 13.0. The van der Waals surface area contributed by atoms with Crippen molar-refractivity contribution in [1.29, 1.82) is 0 Å². The Morgan fingerprint density at radius 1 is 0.941 bits per heavy atom. The molecular weight excluding hydrogens is 418 g/mol. The van der Waals surface area contributed by atoms with Crippen LogP contribution in [0.2, 0.25) is 0 Å². The molecule has 2 aliphatic rings. The van der Waals surface area contributed by atoms with Crippen LogP contribution in [-0.4, -0.2) is 15.9 Å². The molecule has 170 valence electrons. The van der Waals surface area contributed by atoms with E-state index in [1.165, 1.54) is 16.7 Å². The second kappa shape index (κ2) is 10.0. The minimum absolute atomic E-state index is 0.0426. The average Bonchev–Trinajstić information content (AvgIpc) is 3.07. The van der Waals surface area contributed by atoms with E-state index in [9.17, 15) is 4.79 Å². The second-order valence-corrected chi connectivity index (χ2v) is 9.02. The normalized spacial score (nSPS) is 14.4. The number of aryl methyl sites for hydroxylation is 4. The van der Waals surface area contributed by atoms with Crippen molar-refractivity contribution in [2.45, 2.75) is 45.4 Å². The summed E-state index contributed by atoms with van der Waals surface area (Å²) >= 11 is 0. The van der Waals surface area contributed by atoms with Gasteiger partial charge in [0.25, 0.3) is 0 Å². The van der Waals surface area contributed by atoms with Gasteiger partial charge in [0, 0.05) is 12.0 Å². The quantitative estimate of drug-likeness (QED) is 0.490. The van der Waals surface area contributed by atoms with Crippen LogP contribution in [0.1, 0.15) is 42.3 Å². The lowest BCUT2D eigenvalue weighted by atomic mass is 9.91. The summed E-state index contributed by atoms with van der Waals surface area (Å²) in [5.41, 5.74) is 8.78. The van der Waals surface area contributed by atoms with Crippen LogP contribution < -0.4 is 5.32 Å². The van der Waals surface area contributed by atoms with Gasteiger partial charge in [-0.15, -0.1) is 0 Å². The minimum atomic E-state index is -0.0426. The van der Waals surface area contributed by atoms with Crippen LogP contribution in [0.5, 0.6) is 0 Å². The van der Waals surface area contributed by atoms with Crippen molar-refractivity contribution < 1.29 is 4.79 Å². The van der Waals surface area contributed by atoms with Crippen LogP contribution >= 0.6 is 0 Å². The van der Waals surface area contributed by atoms with Crippen LogP contribution in [0.15, 0.2) is 90.0 Å². The van der Waals surface area contributed by atoms with Crippen molar-refractivity contribution in [2.75, 3.05) is 5.32 Å². The zero-order valence-electron chi connectivity index (χ0n) is 19.6. The lowest BCUT2D eigenvalue weighted by molar-refractivity contribution is -0.115. The summed E-state index contributed by atoms with van der Waals surface area (Å²) in [6, 6.07) is 18.8. The van der Waals surface area contributed by atoms with Gasteiger partial charge in [-0.05, 0) is 50.2 Å². The molecule has 0 fully saturated rings. The van der Waals surface area contributed by atoms with E-state index in [1.54, 1.807) is 0 Å². The van der Waals surface area contributed by atoms with E-state index < -0.39 is 0 Å². The first-order valence-corrected chi connectivity index (χ1v) is 12.0. The third-order valence-corrected chi connectivity index (χ3v) is 6.43. The van der Waals surface area contributed by atoms with E-state index >= 15 is 0 Å². The van der Waals surface area contributed by atoms with Gasteiger partial charge < -0.3 is 5.32 Å². The van der Waals surface area contributed by atoms with Crippen LogP contribution in [0.25, 0.3) is 11.3 Å². The maximum Gasteiger partial charge on any atom is 0.229 e. The number of aromatic nitrogens is 2. The van der Waals surface area contributed by atoms with Crippen LogP contribution in [0.3, 0.4) is 0 Å². The topological polar surface area (TPSA) is 54.9 Å². The van der Waals surface area contributed by atoms with E-state index in [-0.39, 0.29) is 5.91 Å². The fourth-order valence-corrected chi connectivity index (χ4v) is 4.58. The Bertz CT molecular complexity index is 1300. The van der Waals surface area contributed by atoms with Gasteiger partial charge in [0.2, 0.25) is 5.91 Å². The fourth-order valence-electron chi connectivity index (χ4n) is 4.58. The van der Waals surface area contributed by atoms with Crippen molar-refractivity contribution in [3.05, 3.63) is 113 Å². The Balaban J connectivity index is 1.43. The molecule has 0 aliphatic heterocycles. The SMILES string of the molecule is CC1=CC=C(CC(=O)Nc2nc3c(nc2CCc2ccccc2)-c2ccccc2CC3)CC=C1. The van der Waals surface area contributed by atoms with Crippen molar-refractivity contribution in [3.8, 4) is 11.3 Å². The molecule has 0 saturated heterocycles. The van der Waals surface area contributed by atoms with Gasteiger partial charge in [-0.2, -0.15) is 0 Å². The van der Waals surface area contributed by atoms with Crippen molar-refractivity contribution in [1.82, 2.24) is 9.97 Å². The molecule has 5 rings (SSSR count). The Morgan fingerprint density at radius 2 is 1.76 bits per heavy atom. The van der Waals surface area contributed by atoms with E-state index in [0.29, 0.717) is 12.2 Å². The minimum Gasteiger partial charge on any atom is -0.309 e. The summed E-state index contributed by atoms with van der Waals surface area (Å²) in [7, 11) is 0. The number of benzene rings is 2. The Kier molecular flexibility index (Phi) is 6.48. The fraction of sp³-hybridized carbons (Fsp3) is 0.233. The highest BCUT2D eigenvalue weighted by atomic mass is 16.1. The summed E-state index contributed by atoms with van der Waals surface area (Å²) in [6.45, 7) is 2.07. The molecule has 34 heavy (non-hydrogen) atoms. The Labute approximate surface area is 201 Å².